The molecule has 0 amide bonds. The lowest BCUT2D eigenvalue weighted by atomic mass is 10.0. The second kappa shape index (κ2) is 9.59. The fourth-order valence-electron chi connectivity index (χ4n) is 5.52. The van der Waals surface area contributed by atoms with Crippen LogP contribution >= 0.6 is 0 Å². The van der Waals surface area contributed by atoms with E-state index in [0.717, 1.165) is 64.5 Å². The van der Waals surface area contributed by atoms with E-state index in [1.165, 1.54) is 37.0 Å². The fourth-order valence-corrected chi connectivity index (χ4v) is 5.52. The number of rotatable bonds is 5. The number of aromatic amines is 2. The Labute approximate surface area is 223 Å². The predicted molar refractivity (Wildman–Crippen MR) is 148 cm³/mol. The smallest absolute Gasteiger partial charge is 0.181 e. The number of phenols is 1. The van der Waals surface area contributed by atoms with E-state index in [-0.39, 0.29) is 5.75 Å². The van der Waals surface area contributed by atoms with Crippen molar-refractivity contribution in [2.24, 2.45) is 0 Å². The summed E-state index contributed by atoms with van der Waals surface area (Å²) in [5.74, 6) is -0.643. The molecule has 194 valence electrons. The normalized spacial score (nSPS) is 14.4. The third kappa shape index (κ3) is 4.51. The molecule has 7 rings (SSSR count). The molecule has 1 aliphatic rings. The van der Waals surface area contributed by atoms with Crippen LogP contribution in [-0.2, 0) is 6.54 Å². The topological polar surface area (TPSA) is 107 Å². The van der Waals surface area contributed by atoms with Crippen LogP contribution in [0.15, 0.2) is 67.4 Å². The monoisotopic (exact) mass is 519 g/mol. The Morgan fingerprint density at radius 2 is 1.67 bits per heavy atom. The zero-order chi connectivity index (χ0) is 26.3. The van der Waals surface area contributed by atoms with Crippen molar-refractivity contribution in [2.75, 3.05) is 13.1 Å². The number of hydrogen-bond donors (Lipinski definition) is 3. The van der Waals surface area contributed by atoms with E-state index in [9.17, 15) is 9.50 Å². The summed E-state index contributed by atoms with van der Waals surface area (Å²) in [5.41, 5.74) is 7.42. The van der Waals surface area contributed by atoms with E-state index in [0.29, 0.717) is 16.8 Å². The number of pyridine rings is 3. The van der Waals surface area contributed by atoms with Crippen molar-refractivity contribution < 1.29 is 9.50 Å². The van der Waals surface area contributed by atoms with Crippen LogP contribution in [0.4, 0.5) is 4.39 Å². The summed E-state index contributed by atoms with van der Waals surface area (Å²) in [6, 6.07) is 10.3. The molecule has 3 N–H and O–H groups in total. The average molecular weight is 520 g/mol. The lowest BCUT2D eigenvalue weighted by Gasteiger charge is -2.26. The number of aromatic hydroxyl groups is 1. The van der Waals surface area contributed by atoms with Crippen LogP contribution in [0.5, 0.6) is 5.75 Å². The predicted octanol–water partition coefficient (Wildman–Crippen LogP) is 6.06. The van der Waals surface area contributed by atoms with Gasteiger partial charge in [0, 0.05) is 64.9 Å². The van der Waals surface area contributed by atoms with Gasteiger partial charge in [0.05, 0.1) is 23.1 Å². The molecule has 0 radical (unpaired) electrons. The summed E-state index contributed by atoms with van der Waals surface area (Å²) < 4.78 is 14.0. The van der Waals surface area contributed by atoms with Crippen LogP contribution in [0.1, 0.15) is 24.8 Å². The van der Waals surface area contributed by atoms with E-state index in [1.54, 1.807) is 12.4 Å². The van der Waals surface area contributed by atoms with Crippen LogP contribution in [0.3, 0.4) is 0 Å². The minimum atomic E-state index is -0.509. The van der Waals surface area contributed by atoms with Crippen molar-refractivity contribution in [3.8, 4) is 39.4 Å². The van der Waals surface area contributed by atoms with Gasteiger partial charge in [-0.25, -0.2) is 9.37 Å². The van der Waals surface area contributed by atoms with Gasteiger partial charge in [-0.1, -0.05) is 6.42 Å². The number of H-pyrrole nitrogens is 2. The van der Waals surface area contributed by atoms with E-state index < -0.39 is 5.82 Å². The van der Waals surface area contributed by atoms with Gasteiger partial charge in [0.25, 0.3) is 0 Å². The largest absolute Gasteiger partial charge is 0.508 e. The molecule has 5 aromatic heterocycles. The molecule has 0 bridgehead atoms. The zero-order valence-electron chi connectivity index (χ0n) is 21.2. The SMILES string of the molecule is Oc1cc(F)cc(-c2cncc3[nH]c(-c4[nH]nc5ncc(-c6cncc(CN7CCCCC7)c6)cc45)cc23)c1. The molecule has 39 heavy (non-hydrogen) atoms. The first-order valence-corrected chi connectivity index (χ1v) is 13.1. The van der Waals surface area contributed by atoms with E-state index >= 15 is 0 Å². The second-order valence-electron chi connectivity index (χ2n) is 10.1. The molecule has 9 heteroatoms. The van der Waals surface area contributed by atoms with Crippen molar-refractivity contribution in [1.29, 1.82) is 0 Å². The Morgan fingerprint density at radius 1 is 0.821 bits per heavy atom. The first kappa shape index (κ1) is 23.5. The van der Waals surface area contributed by atoms with Gasteiger partial charge in [0.1, 0.15) is 11.6 Å². The Hall–Kier alpha value is -4.63. The van der Waals surface area contributed by atoms with Crippen molar-refractivity contribution in [3.05, 3.63) is 78.8 Å². The molecule has 0 atom stereocenters. The minimum Gasteiger partial charge on any atom is -0.508 e. The number of likely N-dealkylation sites (tertiary alicyclic amines) is 1. The number of nitrogens with zero attached hydrogens (tertiary/aromatic N) is 5. The molecule has 1 aliphatic heterocycles. The Balaban J connectivity index is 1.26. The molecular formula is C30H26FN7O. The van der Waals surface area contributed by atoms with Crippen LogP contribution in [-0.4, -0.2) is 53.2 Å². The first-order chi connectivity index (χ1) is 19.1. The molecular weight excluding hydrogens is 493 g/mol. The lowest BCUT2D eigenvalue weighted by Crippen LogP contribution is -2.29. The summed E-state index contributed by atoms with van der Waals surface area (Å²) in [4.78, 5) is 19.4. The lowest BCUT2D eigenvalue weighted by molar-refractivity contribution is 0.220. The number of aromatic nitrogens is 6. The molecule has 8 nitrogen and oxygen atoms in total. The summed E-state index contributed by atoms with van der Waals surface area (Å²) in [6.07, 6.45) is 12.9. The maximum atomic E-state index is 14.0. The summed E-state index contributed by atoms with van der Waals surface area (Å²) in [7, 11) is 0. The van der Waals surface area contributed by atoms with Crippen LogP contribution in [0.25, 0.3) is 55.6 Å². The highest BCUT2D eigenvalue weighted by Crippen LogP contribution is 2.35. The summed E-state index contributed by atoms with van der Waals surface area (Å²) >= 11 is 0. The van der Waals surface area contributed by atoms with Gasteiger partial charge in [-0.05, 0) is 67.4 Å². The highest BCUT2D eigenvalue weighted by atomic mass is 19.1. The zero-order valence-corrected chi connectivity index (χ0v) is 21.2. The molecule has 0 aliphatic carbocycles. The van der Waals surface area contributed by atoms with E-state index in [4.69, 9.17) is 0 Å². The maximum absolute atomic E-state index is 14.0. The molecule has 6 heterocycles. The number of hydrogen-bond acceptors (Lipinski definition) is 6. The Bertz CT molecular complexity index is 1800. The quantitative estimate of drug-likeness (QED) is 0.256. The van der Waals surface area contributed by atoms with Gasteiger partial charge in [-0.3, -0.25) is 20.0 Å². The molecule has 0 unspecified atom stereocenters. The fraction of sp³-hybridized carbons (Fsp3) is 0.200. The number of fused-ring (bicyclic) bond motifs is 2. The average Bonchev–Trinajstić information content (AvgIpc) is 3.57. The minimum absolute atomic E-state index is 0.134. The highest BCUT2D eigenvalue weighted by Gasteiger charge is 2.16. The molecule has 1 fully saturated rings. The molecule has 0 saturated carbocycles. The Morgan fingerprint density at radius 3 is 2.54 bits per heavy atom. The van der Waals surface area contributed by atoms with Crippen molar-refractivity contribution in [2.45, 2.75) is 25.8 Å². The second-order valence-corrected chi connectivity index (χ2v) is 10.1. The van der Waals surface area contributed by atoms with Gasteiger partial charge in [-0.15, -0.1) is 0 Å². The van der Waals surface area contributed by atoms with Crippen molar-refractivity contribution in [3.63, 3.8) is 0 Å². The first-order valence-electron chi connectivity index (χ1n) is 13.1. The van der Waals surface area contributed by atoms with E-state index in [1.807, 2.05) is 24.7 Å². The van der Waals surface area contributed by atoms with Gasteiger partial charge < -0.3 is 10.1 Å². The van der Waals surface area contributed by atoms with Gasteiger partial charge in [0.15, 0.2) is 5.65 Å². The third-order valence-corrected chi connectivity index (χ3v) is 7.40. The summed E-state index contributed by atoms with van der Waals surface area (Å²) in [5, 5.41) is 19.2. The molecule has 0 spiro atoms. The van der Waals surface area contributed by atoms with Crippen molar-refractivity contribution in [1.82, 2.24) is 35.0 Å². The maximum Gasteiger partial charge on any atom is 0.181 e. The number of nitrogens with one attached hydrogen (secondary N) is 2. The number of halogens is 1. The van der Waals surface area contributed by atoms with Crippen LogP contribution < -0.4 is 0 Å². The van der Waals surface area contributed by atoms with Gasteiger partial charge >= 0.3 is 0 Å². The van der Waals surface area contributed by atoms with Crippen molar-refractivity contribution >= 4 is 21.9 Å². The van der Waals surface area contributed by atoms with Gasteiger partial charge in [0.2, 0.25) is 0 Å². The molecule has 1 saturated heterocycles. The highest BCUT2D eigenvalue weighted by molar-refractivity contribution is 6.00. The summed E-state index contributed by atoms with van der Waals surface area (Å²) in [6.45, 7) is 3.18. The van der Waals surface area contributed by atoms with E-state index in [2.05, 4.69) is 47.2 Å². The third-order valence-electron chi connectivity index (χ3n) is 7.40. The number of phenolic OH excluding ortho intramolecular Hbond substituents is 1. The molecule has 6 aromatic rings. The molecule has 1 aromatic carbocycles. The number of piperidine rings is 1. The standard InChI is InChI=1S/C30H26FN7O/c31-22-7-19(8-23(39)10-22)26-15-33-16-28-24(26)11-27(35-28)29-25-9-21(14-34-30(25)37-36-29)20-6-18(12-32-13-20)17-38-4-2-1-3-5-38/h6-16,35,39H,1-5,17H2,(H,34,36,37). The van der Waals surface area contributed by atoms with Gasteiger partial charge in [-0.2, -0.15) is 5.10 Å². The van der Waals surface area contributed by atoms with Crippen LogP contribution in [0.2, 0.25) is 0 Å². The van der Waals surface area contributed by atoms with Crippen LogP contribution in [0, 0.1) is 5.82 Å². The number of benzene rings is 1. The Kier molecular flexibility index (Phi) is 5.78.